The van der Waals surface area contributed by atoms with Crippen molar-refractivity contribution in [1.29, 1.82) is 5.26 Å². The number of aryl methyl sites for hydroxylation is 4. The van der Waals surface area contributed by atoms with Crippen molar-refractivity contribution in [1.82, 2.24) is 0 Å². The molecule has 2 heterocycles. The van der Waals surface area contributed by atoms with E-state index in [1.54, 1.807) is 0 Å². The zero-order valence-electron chi connectivity index (χ0n) is 33.1. The molecular weight excluding hydrogens is 703 g/mol. The number of hydrogen-bond acceptors (Lipinski definition) is 4. The second-order valence-corrected chi connectivity index (χ2v) is 15.7. The van der Waals surface area contributed by atoms with Crippen molar-refractivity contribution < 1.29 is 0 Å². The molecule has 8 aromatic carbocycles. The Morgan fingerprint density at radius 3 is 1.48 bits per heavy atom. The van der Waals surface area contributed by atoms with E-state index in [4.69, 9.17) is 0 Å². The van der Waals surface area contributed by atoms with Crippen molar-refractivity contribution in [3.05, 3.63) is 204 Å². The van der Waals surface area contributed by atoms with E-state index in [9.17, 15) is 5.26 Å². The first-order valence-electron chi connectivity index (χ1n) is 19.9. The summed E-state index contributed by atoms with van der Waals surface area (Å²) in [5.74, 6) is 0. The molecule has 8 aromatic rings. The highest BCUT2D eigenvalue weighted by atomic mass is 15.2. The van der Waals surface area contributed by atoms with Gasteiger partial charge in [-0.2, -0.15) is 5.26 Å². The molecule has 276 valence electrons. The fourth-order valence-electron chi connectivity index (χ4n) is 8.82. The van der Waals surface area contributed by atoms with Gasteiger partial charge in [-0.3, -0.25) is 0 Å². The van der Waals surface area contributed by atoms with Gasteiger partial charge in [0.15, 0.2) is 0 Å². The molecule has 0 aromatic heterocycles. The number of nitrogens with zero attached hydrogens (tertiary/aromatic N) is 4. The van der Waals surface area contributed by atoms with Gasteiger partial charge in [0.25, 0.3) is 6.71 Å². The minimum Gasteiger partial charge on any atom is -0.311 e. The number of fused-ring (bicyclic) bond motifs is 4. The first-order chi connectivity index (χ1) is 28.3. The molecule has 0 unspecified atom stereocenters. The Balaban J connectivity index is 1.31. The van der Waals surface area contributed by atoms with Crippen molar-refractivity contribution in [3.8, 4) is 17.2 Å². The molecule has 0 fully saturated rings. The van der Waals surface area contributed by atoms with Gasteiger partial charge in [-0.1, -0.05) is 113 Å². The highest BCUT2D eigenvalue weighted by Gasteiger charge is 2.44. The third kappa shape index (κ3) is 5.93. The van der Waals surface area contributed by atoms with Crippen LogP contribution in [-0.2, 0) is 0 Å². The van der Waals surface area contributed by atoms with Gasteiger partial charge in [0, 0.05) is 45.5 Å². The monoisotopic (exact) mass is 744 g/mol. The van der Waals surface area contributed by atoms with Crippen LogP contribution in [0, 0.1) is 39.0 Å². The third-order valence-corrected chi connectivity index (χ3v) is 11.7. The van der Waals surface area contributed by atoms with Crippen LogP contribution in [0.4, 0.5) is 51.2 Å². The molecule has 5 heteroatoms. The van der Waals surface area contributed by atoms with E-state index in [1.807, 2.05) is 12.1 Å². The zero-order valence-corrected chi connectivity index (χ0v) is 33.1. The van der Waals surface area contributed by atoms with Gasteiger partial charge in [0.1, 0.15) is 0 Å². The predicted octanol–water partition coefficient (Wildman–Crippen LogP) is 12.0. The Morgan fingerprint density at radius 2 is 0.914 bits per heavy atom. The molecule has 0 amide bonds. The Hall–Kier alpha value is -7.29. The molecule has 0 saturated heterocycles. The number of benzene rings is 8. The third-order valence-electron chi connectivity index (χ3n) is 11.7. The molecule has 58 heavy (non-hydrogen) atoms. The summed E-state index contributed by atoms with van der Waals surface area (Å²) < 4.78 is 0. The fourth-order valence-corrected chi connectivity index (χ4v) is 8.82. The van der Waals surface area contributed by atoms with E-state index in [1.165, 1.54) is 44.3 Å². The van der Waals surface area contributed by atoms with Crippen LogP contribution in [0.2, 0.25) is 0 Å². The Morgan fingerprint density at radius 1 is 0.431 bits per heavy atom. The fraction of sp³-hybridized carbons (Fsp3) is 0.0755. The molecule has 0 radical (unpaired) electrons. The molecule has 2 aliphatic heterocycles. The highest BCUT2D eigenvalue weighted by Crippen LogP contribution is 2.48. The molecule has 0 atom stereocenters. The van der Waals surface area contributed by atoms with Crippen molar-refractivity contribution in [2.75, 3.05) is 14.7 Å². The summed E-state index contributed by atoms with van der Waals surface area (Å²) in [6.07, 6.45) is 0. The van der Waals surface area contributed by atoms with E-state index in [-0.39, 0.29) is 6.71 Å². The summed E-state index contributed by atoms with van der Waals surface area (Å²) in [5, 5.41) is 9.56. The van der Waals surface area contributed by atoms with Crippen LogP contribution < -0.4 is 31.1 Å². The lowest BCUT2D eigenvalue weighted by Crippen LogP contribution is -2.61. The summed E-state index contributed by atoms with van der Waals surface area (Å²) in [4.78, 5) is 7.34. The van der Waals surface area contributed by atoms with Crippen molar-refractivity contribution in [2.24, 2.45) is 0 Å². The number of hydrogen-bond donors (Lipinski definition) is 0. The second kappa shape index (κ2) is 14.0. The Kier molecular flexibility index (Phi) is 8.50. The quantitative estimate of drug-likeness (QED) is 0.159. The van der Waals surface area contributed by atoms with E-state index in [2.05, 4.69) is 212 Å². The molecule has 2 aliphatic rings. The average Bonchev–Trinajstić information content (AvgIpc) is 3.25. The molecule has 0 N–H and O–H groups in total. The van der Waals surface area contributed by atoms with Gasteiger partial charge < -0.3 is 14.7 Å². The zero-order chi connectivity index (χ0) is 39.5. The van der Waals surface area contributed by atoms with Gasteiger partial charge in [-0.05, 0) is 140 Å². The number of anilines is 9. The Labute approximate surface area is 341 Å². The number of para-hydroxylation sites is 1. The summed E-state index contributed by atoms with van der Waals surface area (Å²) in [5.41, 5.74) is 21.7. The van der Waals surface area contributed by atoms with Crippen molar-refractivity contribution in [3.63, 3.8) is 0 Å². The largest absolute Gasteiger partial charge is 0.311 e. The van der Waals surface area contributed by atoms with Gasteiger partial charge >= 0.3 is 0 Å². The molecule has 10 rings (SSSR count). The van der Waals surface area contributed by atoms with Crippen LogP contribution in [0.3, 0.4) is 0 Å². The van der Waals surface area contributed by atoms with Crippen molar-refractivity contribution in [2.45, 2.75) is 27.7 Å². The van der Waals surface area contributed by atoms with Crippen LogP contribution in [0.1, 0.15) is 27.8 Å². The molecule has 0 aliphatic carbocycles. The molecule has 0 saturated carbocycles. The van der Waals surface area contributed by atoms with Crippen molar-refractivity contribution >= 4 is 74.3 Å². The standard InChI is InChI=1S/C53H41BN4/c1-35-10-22-43(23-11-35)56(44-24-12-36(2)13-25-44)46-32-51-53-52(33-46)58(45-26-14-37(3)15-27-45)49-28-16-38(4)30-47(49)54(53)48-31-41(40-19-17-39(34-55)18-20-40)21-29-50(48)57(51)42-8-6-5-7-9-42/h5-33H,1-4H3. The van der Waals surface area contributed by atoms with Gasteiger partial charge in [-0.25, -0.2) is 0 Å². The maximum absolute atomic E-state index is 9.56. The second-order valence-electron chi connectivity index (χ2n) is 15.7. The minimum absolute atomic E-state index is 0.0452. The van der Waals surface area contributed by atoms with Gasteiger partial charge in [0.05, 0.1) is 17.3 Å². The Bertz CT molecular complexity index is 2830. The van der Waals surface area contributed by atoms with Crippen LogP contribution in [0.25, 0.3) is 11.1 Å². The summed E-state index contributed by atoms with van der Waals surface area (Å²) in [7, 11) is 0. The molecule has 4 nitrogen and oxygen atoms in total. The summed E-state index contributed by atoms with van der Waals surface area (Å²) in [6, 6.07) is 66.3. The van der Waals surface area contributed by atoms with E-state index in [0.29, 0.717) is 5.56 Å². The summed E-state index contributed by atoms with van der Waals surface area (Å²) >= 11 is 0. The number of rotatable bonds is 6. The SMILES string of the molecule is Cc1ccc(N(c2ccc(C)cc2)c2cc3c4c(c2)N(c2ccccc2)c2ccc(-c5ccc(C#N)cc5)cc2B4c2cc(C)ccc2N3c2ccc(C)cc2)cc1. The van der Waals surface area contributed by atoms with Crippen LogP contribution in [0.5, 0.6) is 0 Å². The maximum atomic E-state index is 9.56. The van der Waals surface area contributed by atoms with E-state index < -0.39 is 0 Å². The predicted molar refractivity (Wildman–Crippen MR) is 244 cm³/mol. The lowest BCUT2D eigenvalue weighted by molar-refractivity contribution is 1.22. The lowest BCUT2D eigenvalue weighted by Gasteiger charge is -2.45. The highest BCUT2D eigenvalue weighted by molar-refractivity contribution is 7.00. The molecular formula is C53H41BN4. The van der Waals surface area contributed by atoms with Crippen LogP contribution in [-0.4, -0.2) is 6.71 Å². The molecule has 0 spiro atoms. The average molecular weight is 745 g/mol. The first-order valence-corrected chi connectivity index (χ1v) is 19.9. The van der Waals surface area contributed by atoms with Gasteiger partial charge in [0.2, 0.25) is 0 Å². The lowest BCUT2D eigenvalue weighted by atomic mass is 9.33. The number of nitriles is 1. The van der Waals surface area contributed by atoms with Crippen LogP contribution >= 0.6 is 0 Å². The first kappa shape index (κ1) is 35.2. The molecule has 0 bridgehead atoms. The van der Waals surface area contributed by atoms with Crippen LogP contribution in [0.15, 0.2) is 176 Å². The summed E-state index contributed by atoms with van der Waals surface area (Å²) in [6.45, 7) is 8.59. The van der Waals surface area contributed by atoms with E-state index in [0.717, 1.165) is 56.6 Å². The van der Waals surface area contributed by atoms with E-state index >= 15 is 0 Å². The normalized spacial score (nSPS) is 12.4. The topological polar surface area (TPSA) is 33.5 Å². The minimum atomic E-state index is -0.0452. The smallest absolute Gasteiger partial charge is 0.252 e. The maximum Gasteiger partial charge on any atom is 0.252 e. The van der Waals surface area contributed by atoms with Gasteiger partial charge in [-0.15, -0.1) is 0 Å².